The third-order valence-corrected chi connectivity index (χ3v) is 5.51. The number of nitrogens with zero attached hydrogens (tertiary/aromatic N) is 4. The van der Waals surface area contributed by atoms with Gasteiger partial charge in [0.15, 0.2) is 0 Å². The number of carbonyl (C=O) groups excluding carboxylic acids is 1. The molecule has 0 fully saturated rings. The van der Waals surface area contributed by atoms with E-state index in [1.165, 1.54) is 6.33 Å². The fraction of sp³-hybridized carbons (Fsp3) is 0.250. The van der Waals surface area contributed by atoms with Gasteiger partial charge in [-0.25, -0.2) is 4.68 Å². The van der Waals surface area contributed by atoms with Crippen molar-refractivity contribution < 1.29 is 4.79 Å². The molecule has 1 aromatic heterocycles. The highest BCUT2D eigenvalue weighted by Gasteiger charge is 2.39. The van der Waals surface area contributed by atoms with Crippen LogP contribution < -0.4 is 4.90 Å². The molecule has 4 rings (SSSR count). The van der Waals surface area contributed by atoms with Crippen LogP contribution in [0.3, 0.4) is 0 Å². The lowest BCUT2D eigenvalue weighted by Gasteiger charge is -2.39. The Balaban J connectivity index is 1.86. The van der Waals surface area contributed by atoms with Gasteiger partial charge in [-0.2, -0.15) is 10.1 Å². The van der Waals surface area contributed by atoms with Crippen LogP contribution >= 0.6 is 23.2 Å². The maximum absolute atomic E-state index is 12.8. The average Bonchev–Trinajstić information content (AvgIpc) is 3.17. The molecule has 0 bridgehead atoms. The number of hydrogen-bond donors (Lipinski definition) is 0. The summed E-state index contributed by atoms with van der Waals surface area (Å²) in [4.78, 5) is 18.9. The van der Waals surface area contributed by atoms with E-state index in [-0.39, 0.29) is 18.0 Å². The molecule has 2 aromatic carbocycles. The second-order valence-electron chi connectivity index (χ2n) is 6.46. The highest BCUT2D eigenvalue weighted by atomic mass is 35.5. The molecule has 0 radical (unpaired) electrons. The van der Waals surface area contributed by atoms with Crippen molar-refractivity contribution in [1.29, 1.82) is 0 Å². The van der Waals surface area contributed by atoms with Crippen molar-refractivity contribution in [2.75, 3.05) is 4.90 Å². The van der Waals surface area contributed by atoms with Crippen molar-refractivity contribution in [3.8, 4) is 0 Å². The van der Waals surface area contributed by atoms with Gasteiger partial charge >= 0.3 is 0 Å². The molecule has 1 aliphatic rings. The number of hydrogen-bond acceptors (Lipinski definition) is 3. The summed E-state index contributed by atoms with van der Waals surface area (Å²) < 4.78 is 1.79. The molecular formula is C20H18Cl2N4O. The molecule has 5 nitrogen and oxygen atoms in total. The molecule has 2 heterocycles. The van der Waals surface area contributed by atoms with Gasteiger partial charge in [-0.3, -0.25) is 9.69 Å². The van der Waals surface area contributed by atoms with E-state index in [4.69, 9.17) is 23.2 Å². The van der Waals surface area contributed by atoms with Crippen LogP contribution in [0.15, 0.2) is 54.9 Å². The molecule has 0 spiro atoms. The summed E-state index contributed by atoms with van der Waals surface area (Å²) in [5, 5.41) is 5.73. The minimum absolute atomic E-state index is 0.00167. The van der Waals surface area contributed by atoms with Crippen molar-refractivity contribution in [3.05, 3.63) is 76.0 Å². The fourth-order valence-electron chi connectivity index (χ4n) is 3.62. The minimum Gasteiger partial charge on any atom is -0.274 e. The summed E-state index contributed by atoms with van der Waals surface area (Å²) in [6.07, 6.45) is 2.51. The standard InChI is InChI=1S/C20H18Cl2N4O/c1-2-19(27)25-17(13-7-9-14(21)10-8-13)11-18(26-20(25)23-12-24-26)15-5-3-4-6-16(15)22/h3-10,12,17-18H,2,11H2,1H3/t17-,18-/m0/s1. The van der Waals surface area contributed by atoms with Crippen LogP contribution in [0.5, 0.6) is 0 Å². The van der Waals surface area contributed by atoms with Crippen molar-refractivity contribution in [2.45, 2.75) is 31.8 Å². The molecule has 0 saturated carbocycles. The van der Waals surface area contributed by atoms with Crippen LogP contribution in [0.1, 0.15) is 43.0 Å². The number of halogens is 2. The maximum atomic E-state index is 12.8. The third kappa shape index (κ3) is 3.22. The van der Waals surface area contributed by atoms with Gasteiger partial charge in [-0.15, -0.1) is 0 Å². The predicted octanol–water partition coefficient (Wildman–Crippen LogP) is 5.06. The molecule has 1 amide bonds. The zero-order valence-electron chi connectivity index (χ0n) is 14.7. The van der Waals surface area contributed by atoms with Crippen molar-refractivity contribution in [2.24, 2.45) is 0 Å². The van der Waals surface area contributed by atoms with E-state index < -0.39 is 0 Å². The van der Waals surface area contributed by atoms with E-state index >= 15 is 0 Å². The predicted molar refractivity (Wildman–Crippen MR) is 106 cm³/mol. The Labute approximate surface area is 167 Å². The summed E-state index contributed by atoms with van der Waals surface area (Å²) in [7, 11) is 0. The first-order valence-corrected chi connectivity index (χ1v) is 9.57. The third-order valence-electron chi connectivity index (χ3n) is 4.91. The lowest BCUT2D eigenvalue weighted by atomic mass is 9.91. The Bertz CT molecular complexity index is 970. The number of fused-ring (bicyclic) bond motifs is 1. The average molecular weight is 401 g/mol. The first-order chi connectivity index (χ1) is 13.1. The minimum atomic E-state index is -0.173. The highest BCUT2D eigenvalue weighted by molar-refractivity contribution is 6.31. The molecule has 1 aliphatic heterocycles. The van der Waals surface area contributed by atoms with Gasteiger partial charge in [0.1, 0.15) is 6.33 Å². The number of benzene rings is 2. The summed E-state index contributed by atoms with van der Waals surface area (Å²) in [5.74, 6) is 0.541. The zero-order chi connectivity index (χ0) is 19.0. The monoisotopic (exact) mass is 400 g/mol. The lowest BCUT2D eigenvalue weighted by molar-refractivity contribution is -0.119. The van der Waals surface area contributed by atoms with Gasteiger partial charge in [-0.05, 0) is 35.7 Å². The maximum Gasteiger partial charge on any atom is 0.231 e. The number of aromatic nitrogens is 3. The van der Waals surface area contributed by atoms with E-state index in [1.54, 1.807) is 9.58 Å². The van der Waals surface area contributed by atoms with Gasteiger partial charge in [0.25, 0.3) is 0 Å². The Morgan fingerprint density at radius 2 is 1.85 bits per heavy atom. The van der Waals surface area contributed by atoms with Crippen LogP contribution in [-0.2, 0) is 4.79 Å². The van der Waals surface area contributed by atoms with E-state index in [0.29, 0.717) is 28.8 Å². The van der Waals surface area contributed by atoms with Crippen LogP contribution in [0.2, 0.25) is 10.0 Å². The number of amides is 1. The van der Waals surface area contributed by atoms with E-state index in [0.717, 1.165) is 11.1 Å². The van der Waals surface area contributed by atoms with Crippen LogP contribution in [0.4, 0.5) is 5.95 Å². The van der Waals surface area contributed by atoms with E-state index in [2.05, 4.69) is 10.1 Å². The Morgan fingerprint density at radius 1 is 1.11 bits per heavy atom. The highest BCUT2D eigenvalue weighted by Crippen LogP contribution is 2.43. The molecule has 7 heteroatoms. The lowest BCUT2D eigenvalue weighted by Crippen LogP contribution is -2.42. The first kappa shape index (κ1) is 18.0. The molecule has 0 aliphatic carbocycles. The van der Waals surface area contributed by atoms with Gasteiger partial charge in [0.05, 0.1) is 12.1 Å². The molecule has 2 atom stereocenters. The van der Waals surface area contributed by atoms with Crippen molar-refractivity contribution in [1.82, 2.24) is 14.8 Å². The molecule has 3 aromatic rings. The first-order valence-electron chi connectivity index (χ1n) is 8.81. The number of anilines is 1. The summed E-state index contributed by atoms with van der Waals surface area (Å²) in [5.41, 5.74) is 1.97. The molecular weight excluding hydrogens is 383 g/mol. The van der Waals surface area contributed by atoms with E-state index in [9.17, 15) is 4.79 Å². The Hall–Kier alpha value is -2.37. The normalized spacial score (nSPS) is 19.0. The fourth-order valence-corrected chi connectivity index (χ4v) is 4.01. The largest absolute Gasteiger partial charge is 0.274 e. The quantitative estimate of drug-likeness (QED) is 0.616. The zero-order valence-corrected chi connectivity index (χ0v) is 16.2. The second-order valence-corrected chi connectivity index (χ2v) is 7.31. The number of rotatable bonds is 3. The Kier molecular flexibility index (Phi) is 4.89. The molecule has 0 unspecified atom stereocenters. The summed E-state index contributed by atoms with van der Waals surface area (Å²) in [6, 6.07) is 15.0. The smallest absolute Gasteiger partial charge is 0.231 e. The Morgan fingerprint density at radius 3 is 2.56 bits per heavy atom. The van der Waals surface area contributed by atoms with Crippen LogP contribution in [-0.4, -0.2) is 20.7 Å². The van der Waals surface area contributed by atoms with Crippen LogP contribution in [0.25, 0.3) is 0 Å². The van der Waals surface area contributed by atoms with Gasteiger partial charge in [0.2, 0.25) is 11.9 Å². The van der Waals surface area contributed by atoms with Crippen LogP contribution in [0, 0.1) is 0 Å². The second kappa shape index (κ2) is 7.33. The molecule has 0 N–H and O–H groups in total. The van der Waals surface area contributed by atoms with E-state index in [1.807, 2.05) is 55.5 Å². The SMILES string of the molecule is CCC(=O)N1c2ncnn2[C@H](c2ccccc2Cl)C[C@H]1c1ccc(Cl)cc1. The topological polar surface area (TPSA) is 51.0 Å². The molecule has 138 valence electrons. The number of carbonyl (C=O) groups is 1. The van der Waals surface area contributed by atoms with Gasteiger partial charge < -0.3 is 0 Å². The van der Waals surface area contributed by atoms with Crippen molar-refractivity contribution >= 4 is 35.1 Å². The summed E-state index contributed by atoms with van der Waals surface area (Å²) in [6.45, 7) is 1.85. The summed E-state index contributed by atoms with van der Waals surface area (Å²) >= 11 is 12.5. The van der Waals surface area contributed by atoms with Gasteiger partial charge in [-0.1, -0.05) is 60.5 Å². The molecule has 27 heavy (non-hydrogen) atoms. The molecule has 0 saturated heterocycles. The van der Waals surface area contributed by atoms with Crippen molar-refractivity contribution in [3.63, 3.8) is 0 Å². The van der Waals surface area contributed by atoms with Gasteiger partial charge in [0, 0.05) is 16.5 Å².